The van der Waals surface area contributed by atoms with Gasteiger partial charge in [-0.25, -0.2) is 22.4 Å². The summed E-state index contributed by atoms with van der Waals surface area (Å²) < 4.78 is 54.4. The van der Waals surface area contributed by atoms with Crippen molar-refractivity contribution in [1.82, 2.24) is 20.6 Å². The minimum atomic E-state index is -2.18. The van der Waals surface area contributed by atoms with Crippen LogP contribution in [0.1, 0.15) is 16.2 Å². The fourth-order valence-corrected chi connectivity index (χ4v) is 1.51. The highest BCUT2D eigenvalue weighted by Crippen LogP contribution is 2.28. The van der Waals surface area contributed by atoms with Gasteiger partial charge in [0.05, 0.1) is 0 Å². The zero-order valence-corrected chi connectivity index (χ0v) is 10.7. The Bertz CT molecular complexity index is 814. The van der Waals surface area contributed by atoms with Crippen molar-refractivity contribution in [2.75, 3.05) is 5.32 Å². The van der Waals surface area contributed by atoms with Crippen LogP contribution in [0.25, 0.3) is 5.57 Å². The second-order valence-corrected chi connectivity index (χ2v) is 3.86. The summed E-state index contributed by atoms with van der Waals surface area (Å²) in [6, 6.07) is 1.56. The van der Waals surface area contributed by atoms with E-state index in [1.54, 1.807) is 6.07 Å². The van der Waals surface area contributed by atoms with Crippen LogP contribution in [0, 0.1) is 34.6 Å². The van der Waals surface area contributed by atoms with Gasteiger partial charge in [0, 0.05) is 6.20 Å². The Morgan fingerprint density at radius 1 is 1.22 bits per heavy atom. The van der Waals surface area contributed by atoms with Gasteiger partial charge in [-0.3, -0.25) is 0 Å². The topological polar surface area (TPSA) is 128 Å². The zero-order chi connectivity index (χ0) is 17.1. The smallest absolute Gasteiger partial charge is 0.341 e. The number of halogens is 4. The molecule has 0 saturated carbocycles. The maximum atomic E-state index is 13.7. The minimum absolute atomic E-state index is 0.246. The van der Waals surface area contributed by atoms with Crippen LogP contribution in [-0.4, -0.2) is 31.7 Å². The highest BCUT2D eigenvalue weighted by Gasteiger charge is 2.29. The monoisotopic (exact) mass is 328 g/mol. The van der Waals surface area contributed by atoms with E-state index in [9.17, 15) is 22.4 Å². The van der Waals surface area contributed by atoms with Gasteiger partial charge in [-0.2, -0.15) is 10.5 Å². The second-order valence-electron chi connectivity index (χ2n) is 3.86. The van der Waals surface area contributed by atoms with E-state index in [0.717, 1.165) is 0 Å². The van der Waals surface area contributed by atoms with Crippen molar-refractivity contribution < 1.29 is 27.5 Å². The summed E-state index contributed by atoms with van der Waals surface area (Å²) in [4.78, 5) is 10.6. The first-order valence-corrected chi connectivity index (χ1v) is 5.58. The molecule has 0 fully saturated rings. The van der Waals surface area contributed by atoms with Crippen molar-refractivity contribution in [1.29, 1.82) is 5.26 Å². The molecule has 0 radical (unpaired) electrons. The summed E-state index contributed by atoms with van der Waals surface area (Å²) in [7, 11) is 0. The van der Waals surface area contributed by atoms with Crippen molar-refractivity contribution in [3.05, 3.63) is 40.9 Å². The molecule has 0 saturated heterocycles. The van der Waals surface area contributed by atoms with E-state index in [4.69, 9.17) is 10.4 Å². The summed E-state index contributed by atoms with van der Waals surface area (Å²) in [6.07, 6.45) is 0.672. The molecule has 8 nitrogen and oxygen atoms in total. The van der Waals surface area contributed by atoms with Crippen LogP contribution in [0.3, 0.4) is 0 Å². The SMILES string of the molecule is N#CC(=CNc1c(F)c(F)c(C(=O)O)c(F)c1F)c1nn[nH]n1. The van der Waals surface area contributed by atoms with Crippen LogP contribution < -0.4 is 5.32 Å². The highest BCUT2D eigenvalue weighted by molar-refractivity contribution is 5.89. The van der Waals surface area contributed by atoms with Crippen molar-refractivity contribution in [3.63, 3.8) is 0 Å². The Morgan fingerprint density at radius 3 is 2.26 bits per heavy atom. The Hall–Kier alpha value is -3.49. The molecule has 0 aliphatic heterocycles. The number of allylic oxidation sites excluding steroid dienone is 1. The number of aromatic carboxylic acids is 1. The molecule has 0 aliphatic rings. The number of nitrogens with zero attached hydrogens (tertiary/aromatic N) is 4. The average molecular weight is 328 g/mol. The van der Waals surface area contributed by atoms with Gasteiger partial charge < -0.3 is 10.4 Å². The number of carbonyl (C=O) groups is 1. The van der Waals surface area contributed by atoms with Crippen LogP contribution in [-0.2, 0) is 0 Å². The number of aromatic amines is 1. The molecule has 0 atom stereocenters. The van der Waals surface area contributed by atoms with Crippen LogP contribution in [0.4, 0.5) is 23.2 Å². The summed E-state index contributed by atoms with van der Waals surface area (Å²) in [5, 5.41) is 31.3. The predicted molar refractivity (Wildman–Crippen MR) is 64.6 cm³/mol. The van der Waals surface area contributed by atoms with E-state index in [2.05, 4.69) is 15.4 Å². The van der Waals surface area contributed by atoms with Crippen LogP contribution in [0.2, 0.25) is 0 Å². The molecule has 2 rings (SSSR count). The number of nitrogens with one attached hydrogen (secondary N) is 2. The lowest BCUT2D eigenvalue weighted by Crippen LogP contribution is -2.12. The maximum Gasteiger partial charge on any atom is 0.341 e. The number of benzene rings is 1. The van der Waals surface area contributed by atoms with Crippen molar-refractivity contribution >= 4 is 17.2 Å². The maximum absolute atomic E-state index is 13.7. The number of H-pyrrole nitrogens is 1. The fourth-order valence-electron chi connectivity index (χ4n) is 1.51. The molecule has 0 amide bonds. The molecule has 0 spiro atoms. The number of tetrazole rings is 1. The van der Waals surface area contributed by atoms with Crippen molar-refractivity contribution in [3.8, 4) is 6.07 Å². The Balaban J connectivity index is 2.50. The number of rotatable bonds is 4. The number of nitriles is 1. The second kappa shape index (κ2) is 6.10. The molecule has 0 bridgehead atoms. The lowest BCUT2D eigenvalue weighted by atomic mass is 10.1. The molecule has 118 valence electrons. The van der Waals surface area contributed by atoms with E-state index in [-0.39, 0.29) is 11.4 Å². The standard InChI is InChI=1S/C11H4F4N6O2/c12-5-4(11(22)23)6(13)8(15)9(7(5)14)17-2-3(1-16)10-18-20-21-19-10/h2,17H,(H,22,23)(H,18,19,20,21). The molecule has 1 aromatic carbocycles. The lowest BCUT2D eigenvalue weighted by Gasteiger charge is -2.09. The van der Waals surface area contributed by atoms with Gasteiger partial charge in [-0.1, -0.05) is 0 Å². The summed E-state index contributed by atoms with van der Waals surface area (Å²) >= 11 is 0. The first kappa shape index (κ1) is 15.9. The molecule has 0 aliphatic carbocycles. The summed E-state index contributed by atoms with van der Waals surface area (Å²) in [5.41, 5.74) is -3.45. The third kappa shape index (κ3) is 2.79. The van der Waals surface area contributed by atoms with Crippen LogP contribution >= 0.6 is 0 Å². The Labute approximate surface area is 124 Å². The summed E-state index contributed by atoms with van der Waals surface area (Å²) in [6.45, 7) is 0. The number of hydrogen-bond donors (Lipinski definition) is 3. The van der Waals surface area contributed by atoms with E-state index in [1.165, 1.54) is 0 Å². The number of carboxylic acid groups (broad SMARTS) is 1. The predicted octanol–water partition coefficient (Wildman–Crippen LogP) is 1.43. The normalized spacial score (nSPS) is 11.2. The number of hydrogen-bond acceptors (Lipinski definition) is 6. The molecule has 1 heterocycles. The molecular weight excluding hydrogens is 324 g/mol. The number of carboxylic acids is 1. The highest BCUT2D eigenvalue weighted by atomic mass is 19.2. The number of aromatic nitrogens is 4. The van der Waals surface area contributed by atoms with E-state index < -0.39 is 40.5 Å². The average Bonchev–Trinajstić information content (AvgIpc) is 3.03. The molecular formula is C11H4F4N6O2. The lowest BCUT2D eigenvalue weighted by molar-refractivity contribution is 0.0683. The van der Waals surface area contributed by atoms with Gasteiger partial charge in [0.15, 0.2) is 23.3 Å². The first-order valence-electron chi connectivity index (χ1n) is 5.58. The molecule has 1 aromatic heterocycles. The van der Waals surface area contributed by atoms with E-state index in [0.29, 0.717) is 6.20 Å². The first-order chi connectivity index (χ1) is 10.9. The molecule has 12 heteroatoms. The Morgan fingerprint density at radius 2 is 1.83 bits per heavy atom. The largest absolute Gasteiger partial charge is 0.477 e. The van der Waals surface area contributed by atoms with E-state index >= 15 is 0 Å². The van der Waals surface area contributed by atoms with Crippen LogP contribution in [0.15, 0.2) is 6.20 Å². The zero-order valence-electron chi connectivity index (χ0n) is 10.7. The molecule has 2 aromatic rings. The third-order valence-corrected chi connectivity index (χ3v) is 2.54. The quantitative estimate of drug-likeness (QED) is 0.440. The molecule has 23 heavy (non-hydrogen) atoms. The summed E-state index contributed by atoms with van der Waals surface area (Å²) in [5.74, 6) is -10.5. The minimum Gasteiger partial charge on any atom is -0.477 e. The van der Waals surface area contributed by atoms with Crippen LogP contribution in [0.5, 0.6) is 0 Å². The molecule has 0 unspecified atom stereocenters. The van der Waals surface area contributed by atoms with Gasteiger partial charge in [-0.05, 0) is 5.21 Å². The van der Waals surface area contributed by atoms with Gasteiger partial charge in [-0.15, -0.1) is 10.2 Å². The number of anilines is 1. The molecule has 3 N–H and O–H groups in total. The van der Waals surface area contributed by atoms with Gasteiger partial charge in [0.25, 0.3) is 0 Å². The van der Waals surface area contributed by atoms with Crippen molar-refractivity contribution in [2.45, 2.75) is 0 Å². The fraction of sp³-hybridized carbons (Fsp3) is 0. The van der Waals surface area contributed by atoms with Gasteiger partial charge in [0.1, 0.15) is 22.9 Å². The van der Waals surface area contributed by atoms with Crippen molar-refractivity contribution in [2.24, 2.45) is 0 Å². The van der Waals surface area contributed by atoms with E-state index in [1.807, 2.05) is 10.5 Å². The Kier molecular flexibility index (Phi) is 4.21. The third-order valence-electron chi connectivity index (χ3n) is 2.54. The van der Waals surface area contributed by atoms with Gasteiger partial charge in [0.2, 0.25) is 5.82 Å². The van der Waals surface area contributed by atoms with Gasteiger partial charge >= 0.3 is 5.97 Å².